The molecule has 1 aliphatic heterocycles. The highest BCUT2D eigenvalue weighted by molar-refractivity contribution is 4.97. The van der Waals surface area contributed by atoms with Gasteiger partial charge in [-0.1, -0.05) is 6.92 Å². The van der Waals surface area contributed by atoms with E-state index in [1.165, 1.54) is 45.2 Å². The Balaban J connectivity index is 1.94. The number of hydrogen-bond acceptors (Lipinski definition) is 1. The fraction of sp³-hybridized carbons (Fsp3) is 1.00. The Bertz CT molecular complexity index is 138. The summed E-state index contributed by atoms with van der Waals surface area (Å²) in [5, 5.41) is 3.48. The quantitative estimate of drug-likeness (QED) is 0.562. The van der Waals surface area contributed by atoms with Crippen molar-refractivity contribution in [2.45, 2.75) is 39.0 Å². The van der Waals surface area contributed by atoms with E-state index in [0.717, 1.165) is 11.3 Å². The predicted molar refractivity (Wildman–Crippen MR) is 47.6 cm³/mol. The summed E-state index contributed by atoms with van der Waals surface area (Å²) in [7, 11) is 0. The van der Waals surface area contributed by atoms with Crippen molar-refractivity contribution in [1.29, 1.82) is 0 Å². The van der Waals surface area contributed by atoms with E-state index in [1.807, 2.05) is 0 Å². The molecule has 0 radical (unpaired) electrons. The van der Waals surface area contributed by atoms with Crippen molar-refractivity contribution < 1.29 is 0 Å². The van der Waals surface area contributed by atoms with Gasteiger partial charge in [0.15, 0.2) is 0 Å². The van der Waals surface area contributed by atoms with Gasteiger partial charge in [-0.15, -0.1) is 0 Å². The molecule has 1 N–H and O–H groups in total. The molecule has 0 unspecified atom stereocenters. The molecule has 0 aromatic heterocycles. The standard InChI is InChI=1S/C10H19N/c1-9-3-8-11-7-2-4-10(9)5-6-10/h9,11H,2-8H2,1H3/t9-/m1/s1. The summed E-state index contributed by atoms with van der Waals surface area (Å²) >= 11 is 0. The SMILES string of the molecule is C[C@@H]1CCNCCCC12CC2. The lowest BCUT2D eigenvalue weighted by Gasteiger charge is -2.26. The second-order valence-electron chi connectivity index (χ2n) is 4.41. The van der Waals surface area contributed by atoms with Crippen LogP contribution in [0.4, 0.5) is 0 Å². The molecular weight excluding hydrogens is 134 g/mol. The lowest BCUT2D eigenvalue weighted by molar-refractivity contribution is 0.265. The van der Waals surface area contributed by atoms with Crippen LogP contribution in [0.25, 0.3) is 0 Å². The lowest BCUT2D eigenvalue weighted by Crippen LogP contribution is -2.26. The smallest absolute Gasteiger partial charge is 0.00462 e. The van der Waals surface area contributed by atoms with Gasteiger partial charge in [-0.25, -0.2) is 0 Å². The third kappa shape index (κ3) is 1.44. The van der Waals surface area contributed by atoms with Crippen LogP contribution >= 0.6 is 0 Å². The summed E-state index contributed by atoms with van der Waals surface area (Å²) in [5.74, 6) is 0.982. The highest BCUT2D eigenvalue weighted by Gasteiger charge is 2.46. The predicted octanol–water partition coefficient (Wildman–Crippen LogP) is 2.18. The van der Waals surface area contributed by atoms with Crippen LogP contribution in [0.15, 0.2) is 0 Å². The Kier molecular flexibility index (Phi) is 1.92. The van der Waals surface area contributed by atoms with E-state index in [4.69, 9.17) is 0 Å². The van der Waals surface area contributed by atoms with Crippen molar-refractivity contribution in [2.75, 3.05) is 13.1 Å². The van der Waals surface area contributed by atoms with Crippen molar-refractivity contribution >= 4 is 0 Å². The van der Waals surface area contributed by atoms with E-state index < -0.39 is 0 Å². The fourth-order valence-electron chi connectivity index (χ4n) is 2.46. The highest BCUT2D eigenvalue weighted by Crippen LogP contribution is 2.56. The second kappa shape index (κ2) is 2.78. The first-order valence-corrected chi connectivity index (χ1v) is 5.04. The number of nitrogens with one attached hydrogen (secondary N) is 1. The molecule has 0 aromatic carbocycles. The monoisotopic (exact) mass is 153 g/mol. The van der Waals surface area contributed by atoms with Crippen LogP contribution < -0.4 is 5.32 Å². The van der Waals surface area contributed by atoms with Crippen LogP contribution in [0.5, 0.6) is 0 Å². The van der Waals surface area contributed by atoms with E-state index in [9.17, 15) is 0 Å². The van der Waals surface area contributed by atoms with Gasteiger partial charge in [0.05, 0.1) is 0 Å². The van der Waals surface area contributed by atoms with Crippen LogP contribution in [-0.2, 0) is 0 Å². The van der Waals surface area contributed by atoms with Gasteiger partial charge in [0, 0.05) is 0 Å². The van der Waals surface area contributed by atoms with Crippen molar-refractivity contribution in [3.63, 3.8) is 0 Å². The van der Waals surface area contributed by atoms with Gasteiger partial charge < -0.3 is 5.32 Å². The molecule has 1 saturated heterocycles. The molecule has 1 aliphatic carbocycles. The molecule has 2 rings (SSSR count). The van der Waals surface area contributed by atoms with Gasteiger partial charge in [-0.2, -0.15) is 0 Å². The zero-order valence-corrected chi connectivity index (χ0v) is 7.53. The van der Waals surface area contributed by atoms with Crippen molar-refractivity contribution in [1.82, 2.24) is 5.32 Å². The average molecular weight is 153 g/mol. The molecule has 64 valence electrons. The van der Waals surface area contributed by atoms with Gasteiger partial charge in [-0.05, 0) is 56.5 Å². The first-order valence-electron chi connectivity index (χ1n) is 5.04. The summed E-state index contributed by atoms with van der Waals surface area (Å²) in [5.41, 5.74) is 0.822. The van der Waals surface area contributed by atoms with Gasteiger partial charge in [0.2, 0.25) is 0 Å². The maximum atomic E-state index is 3.48. The Morgan fingerprint density at radius 1 is 1.18 bits per heavy atom. The summed E-state index contributed by atoms with van der Waals surface area (Å²) in [6.45, 7) is 4.96. The Hall–Kier alpha value is -0.0400. The molecule has 1 spiro atoms. The van der Waals surface area contributed by atoms with Crippen LogP contribution in [0, 0.1) is 11.3 Å². The maximum absolute atomic E-state index is 3.48. The number of rotatable bonds is 0. The molecule has 11 heavy (non-hydrogen) atoms. The largest absolute Gasteiger partial charge is 0.317 e. The second-order valence-corrected chi connectivity index (χ2v) is 4.41. The van der Waals surface area contributed by atoms with E-state index in [2.05, 4.69) is 12.2 Å². The molecule has 1 heteroatoms. The first-order chi connectivity index (χ1) is 5.33. The summed E-state index contributed by atoms with van der Waals surface area (Å²) in [6.07, 6.45) is 7.34. The minimum Gasteiger partial charge on any atom is -0.317 e. The van der Waals surface area contributed by atoms with Crippen molar-refractivity contribution in [2.24, 2.45) is 11.3 Å². The zero-order valence-electron chi connectivity index (χ0n) is 7.53. The molecule has 0 bridgehead atoms. The minimum atomic E-state index is 0.822. The van der Waals surface area contributed by atoms with Crippen LogP contribution in [-0.4, -0.2) is 13.1 Å². The van der Waals surface area contributed by atoms with Crippen molar-refractivity contribution in [3.05, 3.63) is 0 Å². The molecule has 2 fully saturated rings. The molecular formula is C10H19N. The zero-order chi connectivity index (χ0) is 7.73. The molecule has 0 aromatic rings. The van der Waals surface area contributed by atoms with E-state index in [1.54, 1.807) is 0 Å². The van der Waals surface area contributed by atoms with Crippen molar-refractivity contribution in [3.8, 4) is 0 Å². The Labute approximate surface area is 69.6 Å². The summed E-state index contributed by atoms with van der Waals surface area (Å²) in [6, 6.07) is 0. The molecule has 1 saturated carbocycles. The van der Waals surface area contributed by atoms with E-state index in [0.29, 0.717) is 0 Å². The van der Waals surface area contributed by atoms with Gasteiger partial charge >= 0.3 is 0 Å². The van der Waals surface area contributed by atoms with Crippen LogP contribution in [0.2, 0.25) is 0 Å². The molecule has 0 amide bonds. The topological polar surface area (TPSA) is 12.0 Å². The normalized spacial score (nSPS) is 36.3. The third-order valence-corrected chi connectivity index (χ3v) is 3.72. The Morgan fingerprint density at radius 2 is 2.00 bits per heavy atom. The van der Waals surface area contributed by atoms with Gasteiger partial charge in [-0.3, -0.25) is 0 Å². The first kappa shape index (κ1) is 7.60. The highest BCUT2D eigenvalue weighted by atomic mass is 14.9. The average Bonchev–Trinajstić information content (AvgIpc) is 2.74. The molecule has 1 nitrogen and oxygen atoms in total. The van der Waals surface area contributed by atoms with E-state index >= 15 is 0 Å². The third-order valence-electron chi connectivity index (χ3n) is 3.72. The van der Waals surface area contributed by atoms with Gasteiger partial charge in [0.1, 0.15) is 0 Å². The Morgan fingerprint density at radius 3 is 2.73 bits per heavy atom. The molecule has 1 heterocycles. The summed E-state index contributed by atoms with van der Waals surface area (Å²) < 4.78 is 0. The van der Waals surface area contributed by atoms with Gasteiger partial charge in [0.25, 0.3) is 0 Å². The maximum Gasteiger partial charge on any atom is -0.00462 e. The summed E-state index contributed by atoms with van der Waals surface area (Å²) in [4.78, 5) is 0. The van der Waals surface area contributed by atoms with Crippen LogP contribution in [0.1, 0.15) is 39.0 Å². The molecule has 1 atom stereocenters. The molecule has 2 aliphatic rings. The lowest BCUT2D eigenvalue weighted by atomic mass is 9.83. The fourth-order valence-corrected chi connectivity index (χ4v) is 2.46. The van der Waals surface area contributed by atoms with E-state index in [-0.39, 0.29) is 0 Å². The minimum absolute atomic E-state index is 0.822. The number of hydrogen-bond donors (Lipinski definition) is 1. The van der Waals surface area contributed by atoms with Crippen LogP contribution in [0.3, 0.4) is 0 Å².